The van der Waals surface area contributed by atoms with Crippen LogP contribution in [0.1, 0.15) is 41.0 Å². The molecule has 0 spiro atoms. The lowest BCUT2D eigenvalue weighted by atomic mass is 10.1. The second kappa shape index (κ2) is 8.46. The van der Waals surface area contributed by atoms with E-state index in [4.69, 9.17) is 23.2 Å². The second-order valence-electron chi connectivity index (χ2n) is 6.14. The van der Waals surface area contributed by atoms with Crippen LogP contribution in [0.25, 0.3) is 0 Å². The van der Waals surface area contributed by atoms with E-state index in [-0.39, 0.29) is 11.7 Å². The molecule has 0 saturated carbocycles. The zero-order valence-electron chi connectivity index (χ0n) is 14.9. The number of aliphatic imine (C=N–C) groups is 1. The number of anilines is 1. The van der Waals surface area contributed by atoms with Crippen LogP contribution in [0, 0.1) is 0 Å². The van der Waals surface area contributed by atoms with E-state index in [9.17, 15) is 9.59 Å². The Labute approximate surface area is 172 Å². The summed E-state index contributed by atoms with van der Waals surface area (Å²) in [5.74, 6) is -0.269. The Balaban J connectivity index is 2.00. The van der Waals surface area contributed by atoms with E-state index in [1.54, 1.807) is 59.1 Å². The number of hydrogen-bond acceptors (Lipinski definition) is 4. The first-order chi connectivity index (χ1) is 12.9. The first kappa shape index (κ1) is 19.9. The largest absolute Gasteiger partial charge is 0.295 e. The third-order valence-electron chi connectivity index (χ3n) is 4.25. The van der Waals surface area contributed by atoms with Gasteiger partial charge in [0.2, 0.25) is 0 Å². The lowest BCUT2D eigenvalue weighted by Gasteiger charge is -2.23. The number of benzene rings is 2. The number of amidine groups is 1. The molecule has 2 aromatic rings. The van der Waals surface area contributed by atoms with E-state index in [0.717, 1.165) is 6.42 Å². The second-order valence-corrected chi connectivity index (χ2v) is 8.23. The first-order valence-corrected chi connectivity index (χ1v) is 10.2. The maximum atomic E-state index is 13.3. The molecule has 2 aromatic carbocycles. The van der Waals surface area contributed by atoms with Gasteiger partial charge in [0, 0.05) is 16.4 Å². The predicted octanol–water partition coefficient (Wildman–Crippen LogP) is 5.72. The Morgan fingerprint density at radius 3 is 2.33 bits per heavy atom. The highest BCUT2D eigenvalue weighted by Crippen LogP contribution is 2.31. The summed E-state index contributed by atoms with van der Waals surface area (Å²) < 4.78 is 0. The summed E-state index contributed by atoms with van der Waals surface area (Å²) in [5.41, 5.74) is 1.66. The van der Waals surface area contributed by atoms with Crippen molar-refractivity contribution < 1.29 is 9.59 Å². The lowest BCUT2D eigenvalue weighted by Crippen LogP contribution is -2.35. The van der Waals surface area contributed by atoms with Gasteiger partial charge in [-0.25, -0.2) is 0 Å². The number of ketones is 1. The van der Waals surface area contributed by atoms with Gasteiger partial charge >= 0.3 is 0 Å². The van der Waals surface area contributed by atoms with Gasteiger partial charge in [-0.2, -0.15) is 0 Å². The quantitative estimate of drug-likeness (QED) is 0.593. The van der Waals surface area contributed by atoms with E-state index in [0.29, 0.717) is 43.8 Å². The monoisotopic (exact) mass is 420 g/mol. The van der Waals surface area contributed by atoms with Gasteiger partial charge in [-0.3, -0.25) is 19.5 Å². The smallest absolute Gasteiger partial charge is 0.264 e. The highest BCUT2D eigenvalue weighted by Gasteiger charge is 2.29. The molecule has 140 valence electrons. The molecule has 27 heavy (non-hydrogen) atoms. The molecule has 3 rings (SSSR count). The lowest BCUT2D eigenvalue weighted by molar-refractivity contribution is 0.0999. The summed E-state index contributed by atoms with van der Waals surface area (Å²) in [6, 6.07) is 11.7. The summed E-state index contributed by atoms with van der Waals surface area (Å²) in [7, 11) is 0. The molecule has 0 fully saturated rings. The van der Waals surface area contributed by atoms with Gasteiger partial charge < -0.3 is 0 Å². The molecule has 1 aliphatic rings. The van der Waals surface area contributed by atoms with Crippen molar-refractivity contribution in [3.63, 3.8) is 0 Å². The molecule has 1 atom stereocenters. The van der Waals surface area contributed by atoms with Crippen LogP contribution in [0.5, 0.6) is 0 Å². The van der Waals surface area contributed by atoms with Crippen molar-refractivity contribution in [1.29, 1.82) is 0 Å². The SMILES string of the molecule is CC[C@H]1CN=C(N(C(=O)c2ccc(Cl)c(Cl)c2)c2ccc(C(C)=O)cc2)S1. The predicted molar refractivity (Wildman–Crippen MR) is 114 cm³/mol. The number of nitrogens with zero attached hydrogens (tertiary/aromatic N) is 2. The number of Topliss-reactive ketones (excluding diaryl/α,β-unsaturated/α-hetero) is 1. The summed E-state index contributed by atoms with van der Waals surface area (Å²) in [6.45, 7) is 4.28. The van der Waals surface area contributed by atoms with Crippen molar-refractivity contribution in [2.45, 2.75) is 25.5 Å². The van der Waals surface area contributed by atoms with Crippen molar-refractivity contribution in [2.24, 2.45) is 4.99 Å². The number of halogens is 2. The maximum Gasteiger partial charge on any atom is 0.264 e. The average Bonchev–Trinajstić information content (AvgIpc) is 3.13. The minimum atomic E-state index is -0.243. The van der Waals surface area contributed by atoms with Gasteiger partial charge in [-0.15, -0.1) is 0 Å². The summed E-state index contributed by atoms with van der Waals surface area (Å²) >= 11 is 13.7. The molecule has 1 aliphatic heterocycles. The normalized spacial score (nSPS) is 16.1. The number of thioether (sulfide) groups is 1. The highest BCUT2D eigenvalue weighted by atomic mass is 35.5. The number of carbonyl (C=O) groups is 2. The number of hydrogen-bond donors (Lipinski definition) is 0. The van der Waals surface area contributed by atoms with Crippen LogP contribution in [0.3, 0.4) is 0 Å². The molecule has 1 heterocycles. The Bertz CT molecular complexity index is 913. The zero-order chi connectivity index (χ0) is 19.6. The molecule has 4 nitrogen and oxygen atoms in total. The zero-order valence-corrected chi connectivity index (χ0v) is 17.2. The molecular weight excluding hydrogens is 403 g/mol. The molecule has 1 amide bonds. The fourth-order valence-corrected chi connectivity index (χ4v) is 4.01. The van der Waals surface area contributed by atoms with Gasteiger partial charge in [0.15, 0.2) is 11.0 Å². The van der Waals surface area contributed by atoms with Gasteiger partial charge in [-0.05, 0) is 55.8 Å². The van der Waals surface area contributed by atoms with Crippen molar-refractivity contribution in [1.82, 2.24) is 0 Å². The number of amides is 1. The van der Waals surface area contributed by atoms with Crippen molar-refractivity contribution >= 4 is 57.5 Å². The van der Waals surface area contributed by atoms with Crippen LogP contribution in [-0.2, 0) is 0 Å². The van der Waals surface area contributed by atoms with Crippen LogP contribution in [-0.4, -0.2) is 28.7 Å². The van der Waals surface area contributed by atoms with Crippen molar-refractivity contribution in [3.05, 3.63) is 63.6 Å². The molecule has 0 unspecified atom stereocenters. The first-order valence-electron chi connectivity index (χ1n) is 8.52. The fourth-order valence-electron chi connectivity index (χ4n) is 2.66. The van der Waals surface area contributed by atoms with Gasteiger partial charge in [-0.1, -0.05) is 41.9 Å². The molecule has 0 radical (unpaired) electrons. The van der Waals surface area contributed by atoms with Crippen molar-refractivity contribution in [3.8, 4) is 0 Å². The van der Waals surface area contributed by atoms with Crippen molar-refractivity contribution in [2.75, 3.05) is 11.4 Å². The van der Waals surface area contributed by atoms with E-state index in [1.165, 1.54) is 6.92 Å². The van der Waals surface area contributed by atoms with Crippen LogP contribution >= 0.6 is 35.0 Å². The minimum Gasteiger partial charge on any atom is -0.295 e. The Morgan fingerprint density at radius 2 is 1.78 bits per heavy atom. The molecule has 7 heteroatoms. The molecule has 0 N–H and O–H groups in total. The van der Waals surface area contributed by atoms with Gasteiger partial charge in [0.05, 0.1) is 22.3 Å². The Hall–Kier alpha value is -1.82. The van der Waals surface area contributed by atoms with E-state index in [1.807, 2.05) is 0 Å². The Morgan fingerprint density at radius 1 is 1.11 bits per heavy atom. The van der Waals surface area contributed by atoms with Gasteiger partial charge in [0.1, 0.15) is 0 Å². The molecule has 0 saturated heterocycles. The Kier molecular flexibility index (Phi) is 6.25. The minimum absolute atomic E-state index is 0.0254. The molecule has 0 aliphatic carbocycles. The fraction of sp³-hybridized carbons (Fsp3) is 0.250. The third kappa shape index (κ3) is 4.37. The maximum absolute atomic E-state index is 13.3. The number of carbonyl (C=O) groups excluding carboxylic acids is 2. The highest BCUT2D eigenvalue weighted by molar-refractivity contribution is 8.15. The topological polar surface area (TPSA) is 49.7 Å². The van der Waals surface area contributed by atoms with Crippen LogP contribution in [0.4, 0.5) is 5.69 Å². The van der Waals surface area contributed by atoms with E-state index in [2.05, 4.69) is 11.9 Å². The molecular formula is C20H18Cl2N2O2S. The third-order valence-corrected chi connectivity index (χ3v) is 6.33. The summed E-state index contributed by atoms with van der Waals surface area (Å²) in [5, 5.41) is 1.71. The standard InChI is InChI=1S/C20H18Cl2N2O2S/c1-3-16-11-23-20(27-16)24(15-7-4-13(5-8-15)12(2)25)19(26)14-6-9-17(21)18(22)10-14/h4-10,16H,3,11H2,1-2H3/t16-/m0/s1. The number of rotatable bonds is 4. The molecule has 0 bridgehead atoms. The summed E-state index contributed by atoms with van der Waals surface area (Å²) in [4.78, 5) is 31.0. The van der Waals surface area contributed by atoms with E-state index >= 15 is 0 Å². The van der Waals surface area contributed by atoms with Gasteiger partial charge in [0.25, 0.3) is 5.91 Å². The van der Waals surface area contributed by atoms with Crippen LogP contribution in [0.2, 0.25) is 10.0 Å². The molecule has 0 aromatic heterocycles. The van der Waals surface area contributed by atoms with E-state index < -0.39 is 0 Å². The average molecular weight is 421 g/mol. The van der Waals surface area contributed by atoms with Crippen LogP contribution in [0.15, 0.2) is 47.5 Å². The summed E-state index contributed by atoms with van der Waals surface area (Å²) in [6.07, 6.45) is 0.968. The van der Waals surface area contributed by atoms with Crippen LogP contribution < -0.4 is 4.90 Å².